The lowest BCUT2D eigenvalue weighted by Gasteiger charge is -2.11. The van der Waals surface area contributed by atoms with Gasteiger partial charge in [0.25, 0.3) is 5.91 Å². The fourth-order valence-corrected chi connectivity index (χ4v) is 3.33. The van der Waals surface area contributed by atoms with E-state index in [1.54, 1.807) is 30.5 Å². The van der Waals surface area contributed by atoms with Crippen molar-refractivity contribution in [3.05, 3.63) is 83.2 Å². The van der Waals surface area contributed by atoms with E-state index in [9.17, 15) is 10.1 Å². The largest absolute Gasteiger partial charge is 0.494 e. The number of ether oxygens (including phenoxy) is 1. The van der Waals surface area contributed by atoms with Crippen LogP contribution in [0.15, 0.2) is 65.8 Å². The van der Waals surface area contributed by atoms with Gasteiger partial charge in [-0.15, -0.1) is 0 Å². The van der Waals surface area contributed by atoms with Crippen LogP contribution in [0.25, 0.3) is 5.69 Å². The molecule has 152 valence electrons. The number of amides is 1. The Morgan fingerprint density at radius 3 is 2.53 bits per heavy atom. The topological polar surface area (TPSA) is 79.4 Å². The van der Waals surface area contributed by atoms with Gasteiger partial charge in [-0.3, -0.25) is 4.79 Å². The molecular formula is C24H24N4O2. The molecule has 1 aromatic heterocycles. The Labute approximate surface area is 176 Å². The lowest BCUT2D eigenvalue weighted by Crippen LogP contribution is -2.24. The second kappa shape index (κ2) is 9.57. The van der Waals surface area contributed by atoms with E-state index < -0.39 is 11.8 Å². The minimum atomic E-state index is -0.903. The molecule has 0 radical (unpaired) electrons. The van der Waals surface area contributed by atoms with Crippen LogP contribution < -0.4 is 10.2 Å². The first kappa shape index (κ1) is 20.9. The Morgan fingerprint density at radius 2 is 1.90 bits per heavy atom. The van der Waals surface area contributed by atoms with E-state index in [4.69, 9.17) is 4.74 Å². The fraction of sp³-hybridized carbons (Fsp3) is 0.208. The summed E-state index contributed by atoms with van der Waals surface area (Å²) >= 11 is 0. The van der Waals surface area contributed by atoms with Gasteiger partial charge in [-0.05, 0) is 56.7 Å². The first-order valence-electron chi connectivity index (χ1n) is 9.74. The number of hydrazone groups is 1. The molecule has 6 heteroatoms. The molecule has 2 aromatic carbocycles. The Balaban J connectivity index is 1.74. The van der Waals surface area contributed by atoms with Crippen molar-refractivity contribution in [2.45, 2.75) is 26.7 Å². The highest BCUT2D eigenvalue weighted by Gasteiger charge is 2.19. The molecule has 1 heterocycles. The second-order valence-corrected chi connectivity index (χ2v) is 6.80. The Morgan fingerprint density at radius 1 is 1.20 bits per heavy atom. The van der Waals surface area contributed by atoms with Crippen LogP contribution in [0.5, 0.6) is 5.75 Å². The van der Waals surface area contributed by atoms with Gasteiger partial charge in [-0.2, -0.15) is 10.4 Å². The summed E-state index contributed by atoms with van der Waals surface area (Å²) in [5.74, 6) is -0.529. The van der Waals surface area contributed by atoms with Crippen molar-refractivity contribution in [3.63, 3.8) is 0 Å². The second-order valence-electron chi connectivity index (χ2n) is 6.80. The normalized spacial score (nSPS) is 11.8. The highest BCUT2D eigenvalue weighted by atomic mass is 16.5. The highest BCUT2D eigenvalue weighted by Crippen LogP contribution is 2.22. The zero-order valence-electron chi connectivity index (χ0n) is 17.3. The monoisotopic (exact) mass is 400 g/mol. The molecule has 0 unspecified atom stereocenters. The third-order valence-corrected chi connectivity index (χ3v) is 4.78. The molecule has 0 saturated carbocycles. The molecule has 1 amide bonds. The van der Waals surface area contributed by atoms with Crippen molar-refractivity contribution >= 4 is 12.1 Å². The lowest BCUT2D eigenvalue weighted by molar-refractivity contribution is -0.121. The number of nitrogens with one attached hydrogen (secondary N) is 1. The van der Waals surface area contributed by atoms with Gasteiger partial charge in [0.1, 0.15) is 5.75 Å². The van der Waals surface area contributed by atoms with Crippen LogP contribution in [-0.2, 0) is 4.79 Å². The van der Waals surface area contributed by atoms with Crippen LogP contribution in [0.1, 0.15) is 35.4 Å². The number of nitrogens with zero attached hydrogens (tertiary/aromatic N) is 3. The van der Waals surface area contributed by atoms with Crippen LogP contribution in [0.3, 0.4) is 0 Å². The molecule has 3 aromatic rings. The van der Waals surface area contributed by atoms with Crippen molar-refractivity contribution in [1.82, 2.24) is 9.99 Å². The number of aryl methyl sites for hydroxylation is 1. The summed E-state index contributed by atoms with van der Waals surface area (Å²) in [4.78, 5) is 12.4. The van der Waals surface area contributed by atoms with Gasteiger partial charge in [0.05, 0.1) is 18.9 Å². The van der Waals surface area contributed by atoms with Crippen LogP contribution in [-0.4, -0.2) is 23.3 Å². The van der Waals surface area contributed by atoms with E-state index in [1.807, 2.05) is 63.2 Å². The number of hydrogen-bond donors (Lipinski definition) is 1. The van der Waals surface area contributed by atoms with Crippen LogP contribution >= 0.6 is 0 Å². The smallest absolute Gasteiger partial charge is 0.261 e. The van der Waals surface area contributed by atoms with E-state index in [1.165, 1.54) is 0 Å². The van der Waals surface area contributed by atoms with Crippen molar-refractivity contribution < 1.29 is 9.53 Å². The average molecular weight is 400 g/mol. The molecule has 0 spiro atoms. The maximum absolute atomic E-state index is 12.4. The third kappa shape index (κ3) is 4.58. The van der Waals surface area contributed by atoms with E-state index in [-0.39, 0.29) is 0 Å². The van der Waals surface area contributed by atoms with Crippen LogP contribution in [0, 0.1) is 25.2 Å². The predicted molar refractivity (Wildman–Crippen MR) is 117 cm³/mol. The Kier molecular flexibility index (Phi) is 6.66. The summed E-state index contributed by atoms with van der Waals surface area (Å²) in [6.07, 6.45) is 1.60. The highest BCUT2D eigenvalue weighted by molar-refractivity contribution is 5.88. The number of hydrogen-bond acceptors (Lipinski definition) is 4. The zero-order valence-corrected chi connectivity index (χ0v) is 17.3. The third-order valence-electron chi connectivity index (χ3n) is 4.78. The predicted octanol–water partition coefficient (Wildman–Crippen LogP) is 4.25. The van der Waals surface area contributed by atoms with Crippen LogP contribution in [0.2, 0.25) is 0 Å². The van der Waals surface area contributed by atoms with E-state index in [0.717, 1.165) is 28.4 Å². The summed E-state index contributed by atoms with van der Waals surface area (Å²) in [6, 6.07) is 20.9. The fourth-order valence-electron chi connectivity index (χ4n) is 3.33. The first-order valence-corrected chi connectivity index (χ1v) is 9.74. The minimum Gasteiger partial charge on any atom is -0.494 e. The molecule has 0 aliphatic heterocycles. The van der Waals surface area contributed by atoms with Gasteiger partial charge in [-0.25, -0.2) is 5.43 Å². The van der Waals surface area contributed by atoms with Crippen molar-refractivity contribution in [1.29, 1.82) is 5.26 Å². The maximum Gasteiger partial charge on any atom is 0.261 e. The van der Waals surface area contributed by atoms with Gasteiger partial charge >= 0.3 is 0 Å². The summed E-state index contributed by atoms with van der Waals surface area (Å²) in [6.45, 7) is 6.59. The molecule has 0 aliphatic carbocycles. The molecule has 3 rings (SSSR count). The van der Waals surface area contributed by atoms with Crippen molar-refractivity contribution in [3.8, 4) is 17.5 Å². The zero-order chi connectivity index (χ0) is 21.5. The minimum absolute atomic E-state index is 0.458. The van der Waals surface area contributed by atoms with E-state index in [0.29, 0.717) is 12.2 Å². The van der Waals surface area contributed by atoms with E-state index in [2.05, 4.69) is 15.1 Å². The summed E-state index contributed by atoms with van der Waals surface area (Å²) in [5, 5.41) is 13.4. The number of carbonyl (C=O) groups excluding carboxylic acids is 1. The van der Waals surface area contributed by atoms with Crippen molar-refractivity contribution in [2.75, 3.05) is 6.61 Å². The summed E-state index contributed by atoms with van der Waals surface area (Å²) in [7, 11) is 0. The summed E-state index contributed by atoms with van der Waals surface area (Å²) < 4.78 is 7.62. The maximum atomic E-state index is 12.4. The molecule has 30 heavy (non-hydrogen) atoms. The quantitative estimate of drug-likeness (QED) is 0.476. The molecular weight excluding hydrogens is 376 g/mol. The van der Waals surface area contributed by atoms with Gasteiger partial charge < -0.3 is 9.30 Å². The molecule has 0 bridgehead atoms. The molecule has 0 saturated heterocycles. The first-order chi connectivity index (χ1) is 14.5. The van der Waals surface area contributed by atoms with E-state index >= 15 is 0 Å². The lowest BCUT2D eigenvalue weighted by atomic mass is 10.0. The van der Waals surface area contributed by atoms with Crippen LogP contribution in [0.4, 0.5) is 0 Å². The standard InChI is InChI=1S/C24H24N4O2/c1-4-30-22-12-10-21(11-13-22)28-17(2)14-20(18(28)3)16-26-27-24(29)23(15-25)19-8-6-5-7-9-19/h5-14,16,23H,4H2,1-3H3,(H,27,29)/b26-16-/t23-/m0/s1. The number of aromatic nitrogens is 1. The number of nitriles is 1. The summed E-state index contributed by atoms with van der Waals surface area (Å²) in [5.41, 5.74) is 7.06. The SMILES string of the molecule is CCOc1ccc(-n2c(C)cc(/C=N\NC(=O)[C@@H](C#N)c3ccccc3)c2C)cc1. The molecule has 1 N–H and O–H groups in total. The van der Waals surface area contributed by atoms with Gasteiger partial charge in [-0.1, -0.05) is 30.3 Å². The molecule has 0 fully saturated rings. The number of rotatable bonds is 7. The number of carbonyl (C=O) groups is 1. The Hall–Kier alpha value is -3.85. The average Bonchev–Trinajstić information content (AvgIpc) is 3.03. The van der Waals surface area contributed by atoms with Gasteiger partial charge in [0.2, 0.25) is 0 Å². The van der Waals surface area contributed by atoms with Gasteiger partial charge in [0, 0.05) is 22.6 Å². The Bertz CT molecular complexity index is 1080. The molecule has 6 nitrogen and oxygen atoms in total. The van der Waals surface area contributed by atoms with Crippen molar-refractivity contribution in [2.24, 2.45) is 5.10 Å². The molecule has 1 atom stereocenters. The molecule has 0 aliphatic rings. The van der Waals surface area contributed by atoms with Gasteiger partial charge in [0.15, 0.2) is 5.92 Å². The number of benzene rings is 2.